The van der Waals surface area contributed by atoms with Gasteiger partial charge in [-0.25, -0.2) is 4.39 Å². The largest absolute Gasteiger partial charge is 0.493 e. The third kappa shape index (κ3) is 4.14. The Balaban J connectivity index is 2.30. The van der Waals surface area contributed by atoms with Crippen molar-refractivity contribution >= 4 is 39.1 Å². The molecule has 23 heavy (non-hydrogen) atoms. The molecule has 4 nitrogen and oxygen atoms in total. The molecule has 2 rings (SSSR count). The molecule has 0 saturated carbocycles. The second-order valence-electron chi connectivity index (χ2n) is 4.50. The molecule has 0 fully saturated rings. The average Bonchev–Trinajstić information content (AvgIpc) is 2.51. The fourth-order valence-corrected chi connectivity index (χ4v) is 2.64. The standard InChI is InChI=1S/C16H14BrClFNO3/c1-3-23-15-11(17)6-9(7-14(15)22-2)16(21)20-13-5-4-10(18)8-12(13)19/h4-8H,3H2,1-2H3,(H,20,21). The van der Waals surface area contributed by atoms with Gasteiger partial charge in [-0.15, -0.1) is 0 Å². The Bertz CT molecular complexity index is 740. The molecule has 0 saturated heterocycles. The number of rotatable bonds is 5. The highest BCUT2D eigenvalue weighted by Crippen LogP contribution is 2.36. The number of methoxy groups -OCH3 is 1. The quantitative estimate of drug-likeness (QED) is 0.774. The van der Waals surface area contributed by atoms with Gasteiger partial charge in [-0.1, -0.05) is 11.6 Å². The van der Waals surface area contributed by atoms with Gasteiger partial charge in [-0.2, -0.15) is 0 Å². The smallest absolute Gasteiger partial charge is 0.255 e. The third-order valence-corrected chi connectivity index (χ3v) is 3.78. The lowest BCUT2D eigenvalue weighted by Crippen LogP contribution is -2.13. The van der Waals surface area contributed by atoms with Gasteiger partial charge in [0.2, 0.25) is 0 Å². The number of hydrogen-bond donors (Lipinski definition) is 1. The van der Waals surface area contributed by atoms with Crippen molar-refractivity contribution in [2.45, 2.75) is 6.92 Å². The molecule has 2 aromatic rings. The van der Waals surface area contributed by atoms with E-state index in [1.165, 1.54) is 25.3 Å². The van der Waals surface area contributed by atoms with Crippen LogP contribution >= 0.6 is 27.5 Å². The second kappa shape index (κ2) is 7.66. The maximum absolute atomic E-state index is 13.8. The topological polar surface area (TPSA) is 47.6 Å². The van der Waals surface area contributed by atoms with Crippen LogP contribution in [0.25, 0.3) is 0 Å². The van der Waals surface area contributed by atoms with E-state index in [4.69, 9.17) is 21.1 Å². The molecule has 0 bridgehead atoms. The SMILES string of the molecule is CCOc1c(Br)cc(C(=O)Nc2ccc(Cl)cc2F)cc1OC. The molecule has 0 atom stereocenters. The van der Waals surface area contributed by atoms with Crippen molar-refractivity contribution in [2.24, 2.45) is 0 Å². The van der Waals surface area contributed by atoms with Crippen LogP contribution in [-0.2, 0) is 0 Å². The van der Waals surface area contributed by atoms with E-state index in [0.29, 0.717) is 28.1 Å². The maximum atomic E-state index is 13.8. The Morgan fingerprint density at radius 1 is 1.35 bits per heavy atom. The van der Waals surface area contributed by atoms with Gasteiger partial charge in [0.05, 0.1) is 23.9 Å². The van der Waals surface area contributed by atoms with Crippen molar-refractivity contribution in [3.63, 3.8) is 0 Å². The number of ether oxygens (including phenoxy) is 2. The van der Waals surface area contributed by atoms with Crippen LogP contribution in [0.1, 0.15) is 17.3 Å². The molecule has 122 valence electrons. The summed E-state index contributed by atoms with van der Waals surface area (Å²) in [6.07, 6.45) is 0. The lowest BCUT2D eigenvalue weighted by Gasteiger charge is -2.13. The molecular weight excluding hydrogens is 389 g/mol. The van der Waals surface area contributed by atoms with Gasteiger partial charge in [0, 0.05) is 10.6 Å². The number of carbonyl (C=O) groups is 1. The summed E-state index contributed by atoms with van der Waals surface area (Å²) >= 11 is 9.03. The number of nitrogens with one attached hydrogen (secondary N) is 1. The lowest BCUT2D eigenvalue weighted by molar-refractivity contribution is 0.102. The lowest BCUT2D eigenvalue weighted by atomic mass is 10.1. The molecule has 2 aromatic carbocycles. The average molecular weight is 403 g/mol. The molecule has 1 amide bonds. The Labute approximate surface area is 146 Å². The van der Waals surface area contributed by atoms with Crippen LogP contribution < -0.4 is 14.8 Å². The highest BCUT2D eigenvalue weighted by molar-refractivity contribution is 9.10. The molecular formula is C16H14BrClFNO3. The van der Waals surface area contributed by atoms with Gasteiger partial charge in [0.1, 0.15) is 5.82 Å². The van der Waals surface area contributed by atoms with Crippen molar-refractivity contribution < 1.29 is 18.7 Å². The van der Waals surface area contributed by atoms with E-state index >= 15 is 0 Å². The highest BCUT2D eigenvalue weighted by Gasteiger charge is 2.16. The molecule has 0 aliphatic rings. The Morgan fingerprint density at radius 3 is 2.70 bits per heavy atom. The van der Waals surface area contributed by atoms with E-state index in [1.54, 1.807) is 6.07 Å². The highest BCUT2D eigenvalue weighted by atomic mass is 79.9. The van der Waals surface area contributed by atoms with Gasteiger partial charge in [0.15, 0.2) is 11.5 Å². The summed E-state index contributed by atoms with van der Waals surface area (Å²) in [6.45, 7) is 2.30. The molecule has 0 spiro atoms. The first-order valence-electron chi connectivity index (χ1n) is 6.73. The summed E-state index contributed by atoms with van der Waals surface area (Å²) in [5, 5.41) is 2.75. The number of carbonyl (C=O) groups excluding carboxylic acids is 1. The summed E-state index contributed by atoms with van der Waals surface area (Å²) in [5.74, 6) is -0.178. The van der Waals surface area contributed by atoms with Crippen molar-refractivity contribution in [3.8, 4) is 11.5 Å². The van der Waals surface area contributed by atoms with E-state index in [-0.39, 0.29) is 10.7 Å². The predicted molar refractivity (Wildman–Crippen MR) is 91.2 cm³/mol. The predicted octanol–water partition coefficient (Wildman–Crippen LogP) is 4.90. The first kappa shape index (κ1) is 17.6. The number of anilines is 1. The summed E-state index contributed by atoms with van der Waals surface area (Å²) in [6, 6.07) is 7.13. The van der Waals surface area contributed by atoms with Gasteiger partial charge < -0.3 is 14.8 Å². The minimum Gasteiger partial charge on any atom is -0.493 e. The summed E-state index contributed by atoms with van der Waals surface area (Å²) in [7, 11) is 1.48. The number of benzene rings is 2. The molecule has 0 radical (unpaired) electrons. The molecule has 0 heterocycles. The Kier molecular flexibility index (Phi) is 5.85. The van der Waals surface area contributed by atoms with Crippen molar-refractivity contribution in [3.05, 3.63) is 51.2 Å². The monoisotopic (exact) mass is 401 g/mol. The zero-order valence-corrected chi connectivity index (χ0v) is 14.8. The zero-order valence-electron chi connectivity index (χ0n) is 12.5. The van der Waals surface area contributed by atoms with Crippen LogP contribution in [0.4, 0.5) is 10.1 Å². The van der Waals surface area contributed by atoms with Crippen LogP contribution in [0.5, 0.6) is 11.5 Å². The summed E-state index contributed by atoms with van der Waals surface area (Å²) in [5.41, 5.74) is 0.343. The molecule has 0 aliphatic heterocycles. The van der Waals surface area contributed by atoms with Crippen LogP contribution in [0.2, 0.25) is 5.02 Å². The van der Waals surface area contributed by atoms with Crippen LogP contribution in [-0.4, -0.2) is 19.6 Å². The summed E-state index contributed by atoms with van der Waals surface area (Å²) < 4.78 is 25.0. The van der Waals surface area contributed by atoms with Crippen LogP contribution in [0.3, 0.4) is 0 Å². The minimum absolute atomic E-state index is 0.0448. The second-order valence-corrected chi connectivity index (χ2v) is 5.79. The Morgan fingerprint density at radius 2 is 2.09 bits per heavy atom. The zero-order chi connectivity index (χ0) is 17.0. The van der Waals surface area contributed by atoms with E-state index < -0.39 is 11.7 Å². The normalized spacial score (nSPS) is 10.3. The van der Waals surface area contributed by atoms with Crippen molar-refractivity contribution in [2.75, 3.05) is 19.0 Å². The number of hydrogen-bond acceptors (Lipinski definition) is 3. The Hall–Kier alpha value is -1.79. The first-order valence-corrected chi connectivity index (χ1v) is 7.90. The number of amides is 1. The van der Waals surface area contributed by atoms with Gasteiger partial charge in [-0.3, -0.25) is 4.79 Å². The molecule has 0 aliphatic carbocycles. The van der Waals surface area contributed by atoms with E-state index in [9.17, 15) is 9.18 Å². The molecule has 0 unspecified atom stereocenters. The van der Waals surface area contributed by atoms with E-state index in [2.05, 4.69) is 21.2 Å². The summed E-state index contributed by atoms with van der Waals surface area (Å²) in [4.78, 5) is 12.3. The van der Waals surface area contributed by atoms with Crippen LogP contribution in [0, 0.1) is 5.82 Å². The number of halogens is 3. The fraction of sp³-hybridized carbons (Fsp3) is 0.188. The van der Waals surface area contributed by atoms with Gasteiger partial charge in [0.25, 0.3) is 5.91 Å². The van der Waals surface area contributed by atoms with E-state index in [0.717, 1.165) is 6.07 Å². The maximum Gasteiger partial charge on any atom is 0.255 e. The van der Waals surface area contributed by atoms with E-state index in [1.807, 2.05) is 6.92 Å². The van der Waals surface area contributed by atoms with Crippen LogP contribution in [0.15, 0.2) is 34.8 Å². The first-order chi connectivity index (χ1) is 11.0. The van der Waals surface area contributed by atoms with Crippen molar-refractivity contribution in [1.29, 1.82) is 0 Å². The molecule has 7 heteroatoms. The van der Waals surface area contributed by atoms with Gasteiger partial charge in [-0.05, 0) is 53.2 Å². The molecule has 0 aromatic heterocycles. The molecule has 1 N–H and O–H groups in total. The third-order valence-electron chi connectivity index (χ3n) is 2.96. The van der Waals surface area contributed by atoms with Crippen molar-refractivity contribution in [1.82, 2.24) is 0 Å². The van der Waals surface area contributed by atoms with Gasteiger partial charge >= 0.3 is 0 Å². The fourth-order valence-electron chi connectivity index (χ4n) is 1.92. The minimum atomic E-state index is -0.609.